The minimum Gasteiger partial charge on any atom is -0.493 e. The maximum atomic E-state index is 14.6. The first-order valence-electron chi connectivity index (χ1n) is 9.88. The van der Waals surface area contributed by atoms with Gasteiger partial charge in [-0.05, 0) is 37.6 Å². The zero-order valence-corrected chi connectivity index (χ0v) is 17.9. The second-order valence-corrected chi connectivity index (χ2v) is 8.72. The Morgan fingerprint density at radius 3 is 2.84 bits per heavy atom. The lowest BCUT2D eigenvalue weighted by atomic mass is 9.86. The van der Waals surface area contributed by atoms with E-state index < -0.39 is 16.5 Å². The lowest BCUT2D eigenvalue weighted by Gasteiger charge is -2.45. The largest absolute Gasteiger partial charge is 0.493 e. The third-order valence-electron chi connectivity index (χ3n) is 5.36. The molecular formula is C22H22F2N4O2S. The lowest BCUT2D eigenvalue weighted by Crippen LogP contribution is -2.51. The molecule has 0 radical (unpaired) electrons. The monoisotopic (exact) mass is 444 g/mol. The standard InChI is InChI=1S/C22H22F2N4O2S/c1-13(25)26-10-9-15-12-30-20-6-4-3-5-18(20)22(15)28(14(2)29)27-21(31-22)17-11-16(23)7-8-19(17)24/h3-8,11,15H,9-10,12H2,1-2H3,(H2,25,26)/t15-,22+/m1/s1. The Bertz CT molecular complexity index is 1080. The molecule has 0 fully saturated rings. The Hall–Kier alpha value is -2.94. The minimum atomic E-state index is -0.966. The molecular weight excluding hydrogens is 422 g/mol. The summed E-state index contributed by atoms with van der Waals surface area (Å²) in [6.45, 7) is 3.89. The minimum absolute atomic E-state index is 0.0179. The van der Waals surface area contributed by atoms with Crippen LogP contribution in [0.15, 0.2) is 47.6 Å². The first kappa shape index (κ1) is 21.3. The molecule has 1 spiro atoms. The molecule has 2 aliphatic rings. The van der Waals surface area contributed by atoms with Gasteiger partial charge in [-0.15, -0.1) is 0 Å². The van der Waals surface area contributed by atoms with Gasteiger partial charge in [-0.2, -0.15) is 5.10 Å². The van der Waals surface area contributed by atoms with Gasteiger partial charge in [-0.3, -0.25) is 10.2 Å². The number of amidine groups is 1. The molecule has 0 bridgehead atoms. The average Bonchev–Trinajstić information content (AvgIpc) is 3.13. The van der Waals surface area contributed by atoms with Crippen LogP contribution < -0.4 is 10.1 Å². The summed E-state index contributed by atoms with van der Waals surface area (Å²) >= 11 is 1.24. The van der Waals surface area contributed by atoms with Crippen molar-refractivity contribution in [1.82, 2.24) is 10.3 Å². The fourth-order valence-electron chi connectivity index (χ4n) is 4.00. The number of fused-ring (bicyclic) bond motifs is 2. The first-order chi connectivity index (χ1) is 14.8. The van der Waals surface area contributed by atoms with Crippen molar-refractivity contribution in [1.29, 1.82) is 5.41 Å². The highest BCUT2D eigenvalue weighted by Gasteiger charge is 2.56. The fourth-order valence-corrected chi connectivity index (χ4v) is 5.57. The number of carbonyl (C=O) groups is 1. The quantitative estimate of drug-likeness (QED) is 0.551. The summed E-state index contributed by atoms with van der Waals surface area (Å²) in [4.78, 5) is 11.8. The number of hydrazone groups is 1. The van der Waals surface area contributed by atoms with E-state index in [-0.39, 0.29) is 22.4 Å². The SMILES string of the molecule is CC(=N)NCC[C@@H]1COc2ccccc2[C@@]12SC(c1cc(F)ccc1F)=NN2C(C)=O. The van der Waals surface area contributed by atoms with Gasteiger partial charge in [0, 0.05) is 30.5 Å². The highest BCUT2D eigenvalue weighted by atomic mass is 32.2. The van der Waals surface area contributed by atoms with Gasteiger partial charge in [0.25, 0.3) is 0 Å². The van der Waals surface area contributed by atoms with Crippen molar-refractivity contribution in [3.05, 3.63) is 65.2 Å². The van der Waals surface area contributed by atoms with Crippen molar-refractivity contribution in [3.63, 3.8) is 0 Å². The van der Waals surface area contributed by atoms with Crippen molar-refractivity contribution >= 4 is 28.5 Å². The van der Waals surface area contributed by atoms with Crippen molar-refractivity contribution in [3.8, 4) is 5.75 Å². The zero-order valence-electron chi connectivity index (χ0n) is 17.1. The first-order valence-corrected chi connectivity index (χ1v) is 10.7. The number of carbonyl (C=O) groups excluding carboxylic acids is 1. The Kier molecular flexibility index (Phi) is 5.70. The molecule has 2 aromatic carbocycles. The van der Waals surface area contributed by atoms with Crippen LogP contribution >= 0.6 is 11.8 Å². The molecule has 0 saturated heterocycles. The molecule has 1 amide bonds. The van der Waals surface area contributed by atoms with Crippen molar-refractivity contribution in [2.75, 3.05) is 13.2 Å². The third-order valence-corrected chi connectivity index (χ3v) is 6.90. The van der Waals surface area contributed by atoms with E-state index in [4.69, 9.17) is 10.1 Å². The molecule has 162 valence electrons. The zero-order chi connectivity index (χ0) is 22.2. The molecule has 0 aliphatic carbocycles. The Labute approximate surface area is 183 Å². The molecule has 0 aromatic heterocycles. The van der Waals surface area contributed by atoms with Crippen LogP contribution in [0.1, 0.15) is 31.4 Å². The van der Waals surface area contributed by atoms with E-state index in [0.29, 0.717) is 31.2 Å². The smallest absolute Gasteiger partial charge is 0.241 e. The van der Waals surface area contributed by atoms with Gasteiger partial charge in [0.05, 0.1) is 12.4 Å². The van der Waals surface area contributed by atoms with E-state index >= 15 is 0 Å². The van der Waals surface area contributed by atoms with Crippen LogP contribution in [0, 0.1) is 23.0 Å². The van der Waals surface area contributed by atoms with Crippen LogP contribution in [0.2, 0.25) is 0 Å². The average molecular weight is 445 g/mol. The molecule has 2 heterocycles. The van der Waals surface area contributed by atoms with Crippen LogP contribution in [0.3, 0.4) is 0 Å². The van der Waals surface area contributed by atoms with Crippen molar-refractivity contribution in [2.24, 2.45) is 11.0 Å². The summed E-state index contributed by atoms with van der Waals surface area (Å²) in [7, 11) is 0. The molecule has 2 N–H and O–H groups in total. The van der Waals surface area contributed by atoms with Crippen LogP contribution in [-0.2, 0) is 9.67 Å². The molecule has 0 saturated carbocycles. The third kappa shape index (κ3) is 3.78. The number of para-hydroxylation sites is 1. The number of nitrogens with zero attached hydrogens (tertiary/aromatic N) is 2. The number of ether oxygens (including phenoxy) is 1. The Morgan fingerprint density at radius 1 is 1.32 bits per heavy atom. The highest BCUT2D eigenvalue weighted by Crippen LogP contribution is 2.57. The molecule has 0 unspecified atom stereocenters. The molecule has 2 atom stereocenters. The number of thioether (sulfide) groups is 1. The molecule has 2 aliphatic heterocycles. The van der Waals surface area contributed by atoms with Gasteiger partial charge in [0.2, 0.25) is 5.91 Å². The van der Waals surface area contributed by atoms with Gasteiger partial charge in [-0.25, -0.2) is 13.8 Å². The van der Waals surface area contributed by atoms with E-state index in [9.17, 15) is 13.6 Å². The van der Waals surface area contributed by atoms with Gasteiger partial charge < -0.3 is 10.1 Å². The van der Waals surface area contributed by atoms with Crippen molar-refractivity contribution in [2.45, 2.75) is 25.1 Å². The van der Waals surface area contributed by atoms with E-state index in [1.165, 1.54) is 23.7 Å². The topological polar surface area (TPSA) is 77.8 Å². The van der Waals surface area contributed by atoms with Gasteiger partial charge in [-0.1, -0.05) is 30.0 Å². The summed E-state index contributed by atoms with van der Waals surface area (Å²) in [6.07, 6.45) is 0.579. The highest BCUT2D eigenvalue weighted by molar-refractivity contribution is 8.15. The maximum absolute atomic E-state index is 14.6. The summed E-state index contributed by atoms with van der Waals surface area (Å²) in [5.41, 5.74) is 0.776. The number of hydrogen-bond acceptors (Lipinski definition) is 5. The van der Waals surface area contributed by atoms with E-state index in [0.717, 1.165) is 23.8 Å². The number of nitrogens with one attached hydrogen (secondary N) is 2. The molecule has 9 heteroatoms. The number of amides is 1. The van der Waals surface area contributed by atoms with Crippen LogP contribution in [0.4, 0.5) is 8.78 Å². The molecule has 6 nitrogen and oxygen atoms in total. The van der Waals surface area contributed by atoms with E-state index in [1.54, 1.807) is 6.92 Å². The van der Waals surface area contributed by atoms with Gasteiger partial charge >= 0.3 is 0 Å². The molecule has 4 rings (SSSR count). The predicted molar refractivity (Wildman–Crippen MR) is 116 cm³/mol. The Balaban J connectivity index is 1.82. The van der Waals surface area contributed by atoms with E-state index in [2.05, 4.69) is 10.4 Å². The summed E-state index contributed by atoms with van der Waals surface area (Å²) in [5.74, 6) is -0.730. The Morgan fingerprint density at radius 2 is 2.10 bits per heavy atom. The van der Waals surface area contributed by atoms with Crippen LogP contribution in [0.5, 0.6) is 5.75 Å². The fraction of sp³-hybridized carbons (Fsp3) is 0.318. The van der Waals surface area contributed by atoms with E-state index in [1.807, 2.05) is 24.3 Å². The predicted octanol–water partition coefficient (Wildman–Crippen LogP) is 4.06. The summed E-state index contributed by atoms with van der Waals surface area (Å²) in [5, 5.41) is 16.7. The number of rotatable bonds is 4. The maximum Gasteiger partial charge on any atom is 0.241 e. The summed E-state index contributed by atoms with van der Waals surface area (Å²) in [6, 6.07) is 10.6. The second kappa shape index (κ2) is 8.30. The molecule has 2 aromatic rings. The number of halogens is 2. The van der Waals surface area contributed by atoms with Crippen LogP contribution in [-0.4, -0.2) is 34.9 Å². The van der Waals surface area contributed by atoms with Gasteiger partial charge in [0.1, 0.15) is 22.4 Å². The van der Waals surface area contributed by atoms with Crippen LogP contribution in [0.25, 0.3) is 0 Å². The second-order valence-electron chi connectivity index (χ2n) is 7.50. The summed E-state index contributed by atoms with van der Waals surface area (Å²) < 4.78 is 34.4. The van der Waals surface area contributed by atoms with Gasteiger partial charge in [0.15, 0.2) is 4.87 Å². The number of hydrogen-bond donors (Lipinski definition) is 2. The number of benzene rings is 2. The van der Waals surface area contributed by atoms with Crippen molar-refractivity contribution < 1.29 is 18.3 Å². The normalized spacial score (nSPS) is 22.0. The molecule has 31 heavy (non-hydrogen) atoms. The lowest BCUT2D eigenvalue weighted by molar-refractivity contribution is -0.134.